The lowest BCUT2D eigenvalue weighted by Gasteiger charge is -2.12. The number of nitrogens with one attached hydrogen (secondary N) is 1. The summed E-state index contributed by atoms with van der Waals surface area (Å²) in [6, 6.07) is 7.19. The molecular formula is C18H18BrN5O3S. The van der Waals surface area contributed by atoms with Crippen LogP contribution in [0.2, 0.25) is 0 Å². The largest absolute Gasteiger partial charge is 0.348 e. The fraction of sp³-hybridized carbons (Fsp3) is 0.333. The number of benzene rings is 1. The van der Waals surface area contributed by atoms with Crippen LogP contribution in [0.3, 0.4) is 0 Å². The highest BCUT2D eigenvalue weighted by molar-refractivity contribution is 9.10. The summed E-state index contributed by atoms with van der Waals surface area (Å²) in [5, 5.41) is 3.49. The van der Waals surface area contributed by atoms with Crippen molar-refractivity contribution in [2.75, 3.05) is 23.3 Å². The normalized spacial score (nSPS) is 14.0. The fourth-order valence-electron chi connectivity index (χ4n) is 3.23. The van der Waals surface area contributed by atoms with Crippen LogP contribution >= 0.6 is 27.3 Å². The van der Waals surface area contributed by atoms with E-state index in [9.17, 15) is 14.4 Å². The molecule has 1 aliphatic rings. The molecule has 1 aromatic carbocycles. The zero-order chi connectivity index (χ0) is 19.8. The van der Waals surface area contributed by atoms with Gasteiger partial charge in [0.2, 0.25) is 5.91 Å². The molecular weight excluding hydrogens is 446 g/mol. The van der Waals surface area contributed by atoms with Crippen LogP contribution in [0, 0.1) is 0 Å². The molecule has 0 radical (unpaired) electrons. The lowest BCUT2D eigenvalue weighted by Crippen LogP contribution is -2.39. The van der Waals surface area contributed by atoms with Crippen LogP contribution in [0.25, 0.3) is 10.3 Å². The van der Waals surface area contributed by atoms with Crippen molar-refractivity contribution >= 4 is 54.3 Å². The number of amides is 1. The first-order valence-electron chi connectivity index (χ1n) is 8.85. The molecule has 3 heterocycles. The number of nitrogens with zero attached hydrogens (tertiary/aromatic N) is 4. The molecule has 1 N–H and O–H groups in total. The Morgan fingerprint density at radius 3 is 2.75 bits per heavy atom. The zero-order valence-electron chi connectivity index (χ0n) is 15.1. The maximum atomic E-state index is 12.7. The smallest absolute Gasteiger partial charge is 0.332 e. The minimum absolute atomic E-state index is 0.223. The van der Waals surface area contributed by atoms with Gasteiger partial charge in [-0.05, 0) is 31.0 Å². The van der Waals surface area contributed by atoms with E-state index in [1.54, 1.807) is 18.2 Å². The van der Waals surface area contributed by atoms with Gasteiger partial charge in [-0.1, -0.05) is 33.3 Å². The SMILES string of the molecule is Cn1c(=O)c2sc(N3CCCC3)nc2n(CC(=O)Nc2cccc(Br)c2)c1=O. The molecule has 146 valence electrons. The van der Waals surface area contributed by atoms with Crippen LogP contribution in [0.4, 0.5) is 10.8 Å². The van der Waals surface area contributed by atoms with Gasteiger partial charge in [0.25, 0.3) is 5.56 Å². The number of aromatic nitrogens is 3. The third kappa shape index (κ3) is 3.49. The second-order valence-electron chi connectivity index (χ2n) is 6.63. The zero-order valence-corrected chi connectivity index (χ0v) is 17.5. The molecule has 10 heteroatoms. The summed E-state index contributed by atoms with van der Waals surface area (Å²) >= 11 is 4.63. The highest BCUT2D eigenvalue weighted by Gasteiger charge is 2.22. The molecule has 8 nitrogen and oxygen atoms in total. The van der Waals surface area contributed by atoms with E-state index < -0.39 is 5.69 Å². The highest BCUT2D eigenvalue weighted by Crippen LogP contribution is 2.28. The fourth-order valence-corrected chi connectivity index (χ4v) is 4.73. The average molecular weight is 464 g/mol. The van der Waals surface area contributed by atoms with Crippen molar-refractivity contribution in [1.82, 2.24) is 14.1 Å². The highest BCUT2D eigenvalue weighted by atomic mass is 79.9. The number of hydrogen-bond donors (Lipinski definition) is 1. The van der Waals surface area contributed by atoms with Gasteiger partial charge in [-0.2, -0.15) is 0 Å². The van der Waals surface area contributed by atoms with Crippen LogP contribution in [0.5, 0.6) is 0 Å². The number of carbonyl (C=O) groups is 1. The maximum absolute atomic E-state index is 12.7. The minimum atomic E-state index is -0.555. The van der Waals surface area contributed by atoms with Gasteiger partial charge in [0.05, 0.1) is 0 Å². The molecule has 0 bridgehead atoms. The molecule has 1 saturated heterocycles. The number of rotatable bonds is 4. The predicted octanol–water partition coefficient (Wildman–Crippen LogP) is 2.16. The second kappa shape index (κ2) is 7.51. The molecule has 0 saturated carbocycles. The number of carbonyl (C=O) groups excluding carboxylic acids is 1. The Hall–Kier alpha value is -2.46. The third-order valence-corrected chi connectivity index (χ3v) is 6.24. The van der Waals surface area contributed by atoms with Crippen molar-refractivity contribution in [3.05, 3.63) is 49.6 Å². The molecule has 1 fully saturated rings. The summed E-state index contributed by atoms with van der Waals surface area (Å²) in [6.07, 6.45) is 2.16. The first kappa shape index (κ1) is 18.9. The van der Waals surface area contributed by atoms with Crippen LogP contribution in [0.1, 0.15) is 12.8 Å². The van der Waals surface area contributed by atoms with E-state index in [1.807, 2.05) is 6.07 Å². The Morgan fingerprint density at radius 2 is 2.04 bits per heavy atom. The molecule has 3 aromatic rings. The molecule has 1 amide bonds. The van der Waals surface area contributed by atoms with Crippen LogP contribution in [0.15, 0.2) is 38.3 Å². The number of hydrogen-bond acceptors (Lipinski definition) is 6. The quantitative estimate of drug-likeness (QED) is 0.640. The van der Waals surface area contributed by atoms with E-state index in [2.05, 4.69) is 31.1 Å². The molecule has 1 aliphatic heterocycles. The molecule has 0 spiro atoms. The van der Waals surface area contributed by atoms with Gasteiger partial charge >= 0.3 is 5.69 Å². The predicted molar refractivity (Wildman–Crippen MR) is 113 cm³/mol. The second-order valence-corrected chi connectivity index (χ2v) is 8.53. The summed E-state index contributed by atoms with van der Waals surface area (Å²) in [5.74, 6) is -0.365. The van der Waals surface area contributed by atoms with Crippen molar-refractivity contribution in [2.24, 2.45) is 7.05 Å². The Labute approximate surface area is 172 Å². The van der Waals surface area contributed by atoms with E-state index >= 15 is 0 Å². The topological polar surface area (TPSA) is 89.2 Å². The Kier molecular flexibility index (Phi) is 5.07. The standard InChI is InChI=1S/C18H18BrN5O3S/c1-22-16(26)14-15(21-17(28-14)23-7-2-3-8-23)24(18(22)27)10-13(25)20-12-6-4-5-11(19)9-12/h4-6,9H,2-3,7-8,10H2,1H3,(H,20,25). The number of anilines is 2. The molecule has 4 rings (SSSR count). The average Bonchev–Trinajstić information content (AvgIpc) is 3.33. The van der Waals surface area contributed by atoms with E-state index in [-0.39, 0.29) is 23.7 Å². The maximum Gasteiger partial charge on any atom is 0.332 e. The Balaban J connectivity index is 1.72. The van der Waals surface area contributed by atoms with Gasteiger partial charge < -0.3 is 10.2 Å². The van der Waals surface area contributed by atoms with Gasteiger partial charge in [-0.3, -0.25) is 18.7 Å². The Morgan fingerprint density at radius 1 is 1.29 bits per heavy atom. The van der Waals surface area contributed by atoms with Crippen molar-refractivity contribution in [1.29, 1.82) is 0 Å². The first-order chi connectivity index (χ1) is 13.4. The van der Waals surface area contributed by atoms with Crippen molar-refractivity contribution in [3.63, 3.8) is 0 Å². The van der Waals surface area contributed by atoms with Gasteiger partial charge in [0, 0.05) is 30.3 Å². The van der Waals surface area contributed by atoms with Crippen molar-refractivity contribution < 1.29 is 4.79 Å². The van der Waals surface area contributed by atoms with Crippen LogP contribution in [-0.2, 0) is 18.4 Å². The van der Waals surface area contributed by atoms with E-state index in [0.717, 1.165) is 40.1 Å². The third-order valence-electron chi connectivity index (χ3n) is 4.66. The van der Waals surface area contributed by atoms with Crippen molar-refractivity contribution in [3.8, 4) is 0 Å². The number of fused-ring (bicyclic) bond motifs is 1. The summed E-state index contributed by atoms with van der Waals surface area (Å²) in [4.78, 5) is 44.4. The molecule has 0 unspecified atom stereocenters. The number of thiazole rings is 1. The molecule has 2 aromatic heterocycles. The van der Waals surface area contributed by atoms with Gasteiger partial charge in [0.15, 0.2) is 10.8 Å². The summed E-state index contributed by atoms with van der Waals surface area (Å²) in [5.41, 5.74) is -0.0549. The monoisotopic (exact) mass is 463 g/mol. The minimum Gasteiger partial charge on any atom is -0.348 e. The van der Waals surface area contributed by atoms with Crippen molar-refractivity contribution in [2.45, 2.75) is 19.4 Å². The van der Waals surface area contributed by atoms with Crippen LogP contribution in [-0.4, -0.2) is 33.1 Å². The summed E-state index contributed by atoms with van der Waals surface area (Å²) < 4.78 is 3.52. The van der Waals surface area contributed by atoms with Gasteiger partial charge in [0.1, 0.15) is 11.2 Å². The summed E-state index contributed by atoms with van der Waals surface area (Å²) in [7, 11) is 1.42. The van der Waals surface area contributed by atoms with E-state index in [0.29, 0.717) is 10.4 Å². The molecule has 28 heavy (non-hydrogen) atoms. The van der Waals surface area contributed by atoms with E-state index in [1.165, 1.54) is 23.0 Å². The lowest BCUT2D eigenvalue weighted by molar-refractivity contribution is -0.116. The van der Waals surface area contributed by atoms with E-state index in [4.69, 9.17) is 0 Å². The molecule has 0 aliphatic carbocycles. The Bertz CT molecular complexity index is 1180. The first-order valence-corrected chi connectivity index (χ1v) is 10.5. The summed E-state index contributed by atoms with van der Waals surface area (Å²) in [6.45, 7) is 1.54. The van der Waals surface area contributed by atoms with Gasteiger partial charge in [-0.25, -0.2) is 9.78 Å². The molecule has 0 atom stereocenters. The number of halogens is 1. The lowest BCUT2D eigenvalue weighted by atomic mass is 10.3. The van der Waals surface area contributed by atoms with Gasteiger partial charge in [-0.15, -0.1) is 0 Å². The van der Waals surface area contributed by atoms with Crippen LogP contribution < -0.4 is 21.5 Å².